The van der Waals surface area contributed by atoms with Gasteiger partial charge in [0.2, 0.25) is 0 Å². The number of aromatic nitrogens is 1. The van der Waals surface area contributed by atoms with E-state index in [1.807, 2.05) is 18.2 Å². The Balaban J connectivity index is 2.05. The smallest absolute Gasteiger partial charge is 0.332 e. The molecule has 2 aromatic rings. The number of carbonyl (C=O) groups excluding carboxylic acids is 1. The molecule has 1 aromatic carbocycles. The molecule has 1 aliphatic rings. The molecule has 0 atom stereocenters. The fourth-order valence-corrected chi connectivity index (χ4v) is 2.31. The normalized spacial score (nSPS) is 16.1. The van der Waals surface area contributed by atoms with Crippen LogP contribution < -0.4 is 0 Å². The summed E-state index contributed by atoms with van der Waals surface area (Å²) in [6.45, 7) is 2.30. The van der Waals surface area contributed by atoms with Crippen molar-refractivity contribution in [1.82, 2.24) is 9.47 Å². The highest BCUT2D eigenvalue weighted by molar-refractivity contribution is 7.71. The van der Waals surface area contributed by atoms with Crippen LogP contribution in [0, 0.1) is 4.84 Å². The zero-order valence-electron chi connectivity index (χ0n) is 9.67. The van der Waals surface area contributed by atoms with Crippen molar-refractivity contribution in [3.63, 3.8) is 0 Å². The third kappa shape index (κ3) is 1.83. The molecule has 0 bridgehead atoms. The minimum Gasteiger partial charge on any atom is -0.429 e. The molecule has 94 valence electrons. The van der Waals surface area contributed by atoms with Crippen molar-refractivity contribution in [2.24, 2.45) is 0 Å². The molecule has 0 aliphatic carbocycles. The van der Waals surface area contributed by atoms with Gasteiger partial charge in [-0.1, -0.05) is 12.1 Å². The first-order valence-electron chi connectivity index (χ1n) is 5.75. The number of para-hydroxylation sites is 2. The van der Waals surface area contributed by atoms with Gasteiger partial charge < -0.3 is 14.1 Å². The zero-order chi connectivity index (χ0) is 12.5. The second-order valence-electron chi connectivity index (χ2n) is 4.05. The summed E-state index contributed by atoms with van der Waals surface area (Å²) in [5.74, 6) is 0. The lowest BCUT2D eigenvalue weighted by Gasteiger charge is -2.26. The number of hydrogen-bond acceptors (Lipinski definition) is 4. The average Bonchev–Trinajstić information content (AvgIpc) is 2.75. The maximum Gasteiger partial charge on any atom is 0.332 e. The lowest BCUT2D eigenvalue weighted by atomic mass is 10.3. The highest BCUT2D eigenvalue weighted by Gasteiger charge is 2.21. The zero-order valence-corrected chi connectivity index (χ0v) is 10.5. The van der Waals surface area contributed by atoms with Crippen molar-refractivity contribution in [3.05, 3.63) is 29.1 Å². The van der Waals surface area contributed by atoms with Gasteiger partial charge in [0.25, 0.3) is 4.84 Å². The van der Waals surface area contributed by atoms with Gasteiger partial charge in [-0.05, 0) is 24.4 Å². The summed E-state index contributed by atoms with van der Waals surface area (Å²) >= 11 is 5.12. The highest BCUT2D eigenvalue weighted by atomic mass is 32.1. The monoisotopic (exact) mass is 264 g/mol. The van der Waals surface area contributed by atoms with Gasteiger partial charge in [-0.2, -0.15) is 0 Å². The van der Waals surface area contributed by atoms with Crippen molar-refractivity contribution < 1.29 is 13.9 Å². The number of carbonyl (C=O) groups is 1. The van der Waals surface area contributed by atoms with Crippen LogP contribution in [0.25, 0.3) is 11.1 Å². The Labute approximate surface area is 109 Å². The van der Waals surface area contributed by atoms with E-state index in [4.69, 9.17) is 21.4 Å². The summed E-state index contributed by atoms with van der Waals surface area (Å²) in [7, 11) is 0. The molecule has 1 amide bonds. The van der Waals surface area contributed by atoms with E-state index in [-0.39, 0.29) is 10.9 Å². The fraction of sp³-hybridized carbons (Fsp3) is 0.333. The predicted octanol–water partition coefficient (Wildman–Crippen LogP) is 2.26. The number of oxazole rings is 1. The average molecular weight is 264 g/mol. The molecule has 1 fully saturated rings. The lowest BCUT2D eigenvalue weighted by Crippen LogP contribution is -2.42. The Morgan fingerprint density at radius 1 is 1.22 bits per heavy atom. The largest absolute Gasteiger partial charge is 0.429 e. The number of ether oxygens (including phenoxy) is 1. The number of benzene rings is 1. The Kier molecular flexibility index (Phi) is 2.89. The van der Waals surface area contributed by atoms with Crippen LogP contribution in [0.4, 0.5) is 4.79 Å². The molecule has 0 unspecified atom stereocenters. The van der Waals surface area contributed by atoms with E-state index in [1.54, 1.807) is 11.0 Å². The molecule has 0 radical (unpaired) electrons. The van der Waals surface area contributed by atoms with Gasteiger partial charge in [-0.15, -0.1) is 0 Å². The molecule has 1 aromatic heterocycles. The van der Waals surface area contributed by atoms with Gasteiger partial charge in [0.1, 0.15) is 0 Å². The molecule has 2 heterocycles. The van der Waals surface area contributed by atoms with E-state index in [0.29, 0.717) is 37.4 Å². The van der Waals surface area contributed by atoms with Crippen molar-refractivity contribution >= 4 is 29.3 Å². The summed E-state index contributed by atoms with van der Waals surface area (Å²) in [4.78, 5) is 14.3. The van der Waals surface area contributed by atoms with E-state index < -0.39 is 0 Å². The number of rotatable bonds is 0. The third-order valence-electron chi connectivity index (χ3n) is 2.96. The van der Waals surface area contributed by atoms with E-state index in [2.05, 4.69) is 0 Å². The first-order chi connectivity index (χ1) is 8.77. The van der Waals surface area contributed by atoms with Crippen LogP contribution in [-0.2, 0) is 4.74 Å². The molecule has 0 N–H and O–H groups in total. The van der Waals surface area contributed by atoms with Crippen LogP contribution in [-0.4, -0.2) is 41.8 Å². The molecular formula is C12H12N2O3S. The van der Waals surface area contributed by atoms with E-state index in [9.17, 15) is 4.79 Å². The van der Waals surface area contributed by atoms with Crippen molar-refractivity contribution in [1.29, 1.82) is 0 Å². The van der Waals surface area contributed by atoms with Crippen LogP contribution in [0.5, 0.6) is 0 Å². The van der Waals surface area contributed by atoms with Gasteiger partial charge in [-0.3, -0.25) is 0 Å². The maximum atomic E-state index is 12.4. The van der Waals surface area contributed by atoms with Crippen LogP contribution >= 0.6 is 12.2 Å². The Hall–Kier alpha value is -1.66. The minimum atomic E-state index is -0.145. The van der Waals surface area contributed by atoms with Gasteiger partial charge in [-0.25, -0.2) is 9.36 Å². The Morgan fingerprint density at radius 2 is 1.94 bits per heavy atom. The molecule has 0 saturated carbocycles. The first-order valence-corrected chi connectivity index (χ1v) is 6.16. The second-order valence-corrected chi connectivity index (χ2v) is 4.40. The number of amides is 1. The van der Waals surface area contributed by atoms with Gasteiger partial charge in [0.05, 0.1) is 18.7 Å². The van der Waals surface area contributed by atoms with Crippen molar-refractivity contribution in [2.45, 2.75) is 0 Å². The summed E-state index contributed by atoms with van der Waals surface area (Å²) < 4.78 is 12.1. The molecule has 18 heavy (non-hydrogen) atoms. The van der Waals surface area contributed by atoms with Gasteiger partial charge in [0, 0.05) is 13.1 Å². The summed E-state index contributed by atoms with van der Waals surface area (Å²) in [6, 6.07) is 7.19. The van der Waals surface area contributed by atoms with Crippen molar-refractivity contribution in [2.75, 3.05) is 26.3 Å². The molecule has 6 heteroatoms. The van der Waals surface area contributed by atoms with E-state index in [1.165, 1.54) is 4.57 Å². The number of fused-ring (bicyclic) bond motifs is 1. The van der Waals surface area contributed by atoms with Crippen LogP contribution in [0.3, 0.4) is 0 Å². The third-order valence-corrected chi connectivity index (χ3v) is 3.22. The topological polar surface area (TPSA) is 47.6 Å². The second kappa shape index (κ2) is 4.55. The van der Waals surface area contributed by atoms with Crippen LogP contribution in [0.2, 0.25) is 0 Å². The molecule has 3 rings (SSSR count). The molecular weight excluding hydrogens is 252 g/mol. The van der Waals surface area contributed by atoms with Gasteiger partial charge in [0.15, 0.2) is 5.58 Å². The fourth-order valence-electron chi connectivity index (χ4n) is 2.04. The molecule has 1 saturated heterocycles. The summed E-state index contributed by atoms with van der Waals surface area (Å²) in [5, 5.41) is 0. The summed E-state index contributed by atoms with van der Waals surface area (Å²) in [5.41, 5.74) is 1.34. The first kappa shape index (κ1) is 11.4. The number of morpholine rings is 1. The Morgan fingerprint density at radius 3 is 2.72 bits per heavy atom. The molecule has 5 nitrogen and oxygen atoms in total. The quantitative estimate of drug-likeness (QED) is 0.685. The number of hydrogen-bond donors (Lipinski definition) is 0. The maximum absolute atomic E-state index is 12.4. The predicted molar refractivity (Wildman–Crippen MR) is 68.2 cm³/mol. The van der Waals surface area contributed by atoms with E-state index in [0.717, 1.165) is 0 Å². The SMILES string of the molecule is O=C(N1CCOCC1)n1c(=S)oc2ccccc21. The summed E-state index contributed by atoms with van der Waals surface area (Å²) in [6.07, 6.45) is 0. The van der Waals surface area contributed by atoms with Crippen LogP contribution in [0.15, 0.2) is 28.7 Å². The Bertz CT molecular complexity index is 640. The highest BCUT2D eigenvalue weighted by Crippen LogP contribution is 2.18. The van der Waals surface area contributed by atoms with E-state index >= 15 is 0 Å². The lowest BCUT2D eigenvalue weighted by molar-refractivity contribution is 0.0535. The minimum absolute atomic E-state index is 0.145. The van der Waals surface area contributed by atoms with Crippen LogP contribution in [0.1, 0.15) is 0 Å². The number of nitrogens with zero attached hydrogens (tertiary/aromatic N) is 2. The standard InChI is InChI=1S/C12H12N2O3S/c15-11(13-5-7-16-8-6-13)14-9-3-1-2-4-10(9)17-12(14)18/h1-4H,5-8H2. The molecule has 0 spiro atoms. The van der Waals surface area contributed by atoms with Gasteiger partial charge >= 0.3 is 6.03 Å². The molecule has 1 aliphatic heterocycles. The van der Waals surface area contributed by atoms with Crippen molar-refractivity contribution in [3.8, 4) is 0 Å².